The fourth-order valence-electron chi connectivity index (χ4n) is 2.57. The number of fused-ring (bicyclic) bond motifs is 1. The molecule has 3 heteroatoms. The number of Topliss-reactive ketones (excluding diaryl/α,β-unsaturated/α-hetero) is 1. The monoisotopic (exact) mass is 228 g/mol. The number of hydrogen-bond donors (Lipinski definition) is 2. The van der Waals surface area contributed by atoms with Gasteiger partial charge in [0.2, 0.25) is 0 Å². The van der Waals surface area contributed by atoms with E-state index in [1.54, 1.807) is 0 Å². The zero-order valence-electron chi connectivity index (χ0n) is 9.70. The van der Waals surface area contributed by atoms with Crippen molar-refractivity contribution in [2.75, 3.05) is 6.54 Å². The van der Waals surface area contributed by atoms with Gasteiger partial charge in [0.25, 0.3) is 0 Å². The normalized spacial score (nSPS) is 19.9. The van der Waals surface area contributed by atoms with E-state index < -0.39 is 0 Å². The van der Waals surface area contributed by atoms with Gasteiger partial charge in [0, 0.05) is 35.1 Å². The highest BCUT2D eigenvalue weighted by Crippen LogP contribution is 2.21. The van der Waals surface area contributed by atoms with Crippen LogP contribution in [0.3, 0.4) is 0 Å². The fourth-order valence-corrected chi connectivity index (χ4v) is 2.57. The Bertz CT molecular complexity index is 538. The smallest absolute Gasteiger partial charge is 0.166 e. The van der Waals surface area contributed by atoms with Gasteiger partial charge in [-0.2, -0.15) is 0 Å². The first-order chi connectivity index (χ1) is 8.34. The molecule has 1 saturated heterocycles. The van der Waals surface area contributed by atoms with Crippen molar-refractivity contribution in [1.29, 1.82) is 0 Å². The van der Waals surface area contributed by atoms with Gasteiger partial charge in [-0.25, -0.2) is 0 Å². The van der Waals surface area contributed by atoms with E-state index in [1.165, 1.54) is 6.42 Å². The van der Waals surface area contributed by atoms with Crippen LogP contribution < -0.4 is 5.32 Å². The van der Waals surface area contributed by atoms with E-state index in [9.17, 15) is 4.79 Å². The third-order valence-electron chi connectivity index (χ3n) is 3.48. The van der Waals surface area contributed by atoms with Crippen molar-refractivity contribution >= 4 is 16.7 Å². The number of aromatic nitrogens is 1. The Balaban J connectivity index is 1.85. The molecule has 0 aliphatic carbocycles. The lowest BCUT2D eigenvalue weighted by molar-refractivity contribution is 0.0973. The predicted octanol–water partition coefficient (Wildman–Crippen LogP) is 2.49. The molecule has 0 saturated carbocycles. The second kappa shape index (κ2) is 4.34. The van der Waals surface area contributed by atoms with E-state index >= 15 is 0 Å². The van der Waals surface area contributed by atoms with E-state index in [0.29, 0.717) is 12.5 Å². The quantitative estimate of drug-likeness (QED) is 0.793. The molecule has 3 nitrogen and oxygen atoms in total. The number of aromatic amines is 1. The summed E-state index contributed by atoms with van der Waals surface area (Å²) >= 11 is 0. The highest BCUT2D eigenvalue weighted by molar-refractivity contribution is 6.08. The number of carbonyl (C=O) groups is 1. The molecular formula is C14H16N2O. The minimum Gasteiger partial charge on any atom is -0.360 e. The maximum atomic E-state index is 12.2. The van der Waals surface area contributed by atoms with Gasteiger partial charge in [0.1, 0.15) is 0 Å². The summed E-state index contributed by atoms with van der Waals surface area (Å²) in [4.78, 5) is 15.4. The first-order valence-electron chi connectivity index (χ1n) is 6.17. The van der Waals surface area contributed by atoms with E-state index in [0.717, 1.165) is 29.4 Å². The van der Waals surface area contributed by atoms with Crippen molar-refractivity contribution in [2.45, 2.75) is 25.3 Å². The van der Waals surface area contributed by atoms with Gasteiger partial charge in [-0.1, -0.05) is 18.2 Å². The van der Waals surface area contributed by atoms with Crippen LogP contribution in [0.4, 0.5) is 0 Å². The average molecular weight is 228 g/mol. The molecule has 0 amide bonds. The van der Waals surface area contributed by atoms with Crippen molar-refractivity contribution in [3.8, 4) is 0 Å². The largest absolute Gasteiger partial charge is 0.360 e. The van der Waals surface area contributed by atoms with Crippen LogP contribution in [0.2, 0.25) is 0 Å². The molecule has 1 aromatic carbocycles. The van der Waals surface area contributed by atoms with Crippen molar-refractivity contribution < 1.29 is 4.79 Å². The molecule has 1 aliphatic heterocycles. The molecule has 1 aliphatic rings. The number of benzene rings is 1. The van der Waals surface area contributed by atoms with Crippen LogP contribution in [0, 0.1) is 0 Å². The van der Waals surface area contributed by atoms with E-state index in [-0.39, 0.29) is 5.78 Å². The summed E-state index contributed by atoms with van der Waals surface area (Å²) in [6.45, 7) is 1.05. The minimum absolute atomic E-state index is 0.238. The number of hydrogen-bond acceptors (Lipinski definition) is 2. The maximum Gasteiger partial charge on any atom is 0.166 e. The van der Waals surface area contributed by atoms with Crippen LogP contribution in [0.5, 0.6) is 0 Å². The highest BCUT2D eigenvalue weighted by Gasteiger charge is 2.20. The van der Waals surface area contributed by atoms with Gasteiger partial charge >= 0.3 is 0 Å². The van der Waals surface area contributed by atoms with Gasteiger partial charge < -0.3 is 10.3 Å². The highest BCUT2D eigenvalue weighted by atomic mass is 16.1. The predicted molar refractivity (Wildman–Crippen MR) is 68.3 cm³/mol. The topological polar surface area (TPSA) is 44.9 Å². The van der Waals surface area contributed by atoms with Gasteiger partial charge in [-0.15, -0.1) is 0 Å². The molecule has 88 valence electrons. The SMILES string of the molecule is O=C(CC1CCCN1)c1c[nH]c2ccccc12. The molecule has 1 atom stereocenters. The van der Waals surface area contributed by atoms with Crippen LogP contribution in [0.25, 0.3) is 10.9 Å². The molecule has 1 fully saturated rings. The summed E-state index contributed by atoms with van der Waals surface area (Å²) < 4.78 is 0. The lowest BCUT2D eigenvalue weighted by Gasteiger charge is -2.07. The van der Waals surface area contributed by atoms with E-state index in [4.69, 9.17) is 0 Å². The average Bonchev–Trinajstić information content (AvgIpc) is 2.96. The summed E-state index contributed by atoms with van der Waals surface area (Å²) in [5, 5.41) is 4.40. The summed E-state index contributed by atoms with van der Waals surface area (Å²) in [6, 6.07) is 8.32. The van der Waals surface area contributed by atoms with Crippen molar-refractivity contribution in [3.05, 3.63) is 36.0 Å². The lowest BCUT2D eigenvalue weighted by atomic mass is 10.0. The number of nitrogens with one attached hydrogen (secondary N) is 2. The molecule has 1 aromatic heterocycles. The minimum atomic E-state index is 0.238. The number of H-pyrrole nitrogens is 1. The molecule has 1 unspecified atom stereocenters. The second-order valence-electron chi connectivity index (χ2n) is 4.67. The van der Waals surface area contributed by atoms with Crippen molar-refractivity contribution in [3.63, 3.8) is 0 Å². The number of para-hydroxylation sites is 1. The maximum absolute atomic E-state index is 12.2. The molecule has 0 bridgehead atoms. The van der Waals surface area contributed by atoms with Crippen LogP contribution in [0.15, 0.2) is 30.5 Å². The lowest BCUT2D eigenvalue weighted by Crippen LogP contribution is -2.24. The summed E-state index contributed by atoms with van der Waals surface area (Å²) in [5.41, 5.74) is 1.87. The zero-order valence-corrected chi connectivity index (χ0v) is 9.70. The third-order valence-corrected chi connectivity index (χ3v) is 3.48. The Kier molecular flexibility index (Phi) is 2.69. The number of rotatable bonds is 3. The Morgan fingerprint density at radius 3 is 3.06 bits per heavy atom. The Morgan fingerprint density at radius 1 is 1.35 bits per heavy atom. The Labute approximate surface area is 100 Å². The van der Waals surface area contributed by atoms with Crippen molar-refractivity contribution in [2.24, 2.45) is 0 Å². The molecule has 0 radical (unpaired) electrons. The molecule has 0 spiro atoms. The zero-order chi connectivity index (χ0) is 11.7. The van der Waals surface area contributed by atoms with Crippen LogP contribution in [0.1, 0.15) is 29.6 Å². The molecule has 3 rings (SSSR count). The first kappa shape index (κ1) is 10.5. The summed E-state index contributed by atoms with van der Waals surface area (Å²) in [5.74, 6) is 0.238. The Hall–Kier alpha value is -1.61. The Morgan fingerprint density at radius 2 is 2.24 bits per heavy atom. The van der Waals surface area contributed by atoms with Crippen LogP contribution in [-0.2, 0) is 0 Å². The van der Waals surface area contributed by atoms with Gasteiger partial charge in [-0.05, 0) is 25.5 Å². The van der Waals surface area contributed by atoms with Crippen molar-refractivity contribution in [1.82, 2.24) is 10.3 Å². The molecule has 2 aromatic rings. The molecule has 2 heterocycles. The molecule has 2 N–H and O–H groups in total. The first-order valence-corrected chi connectivity index (χ1v) is 6.17. The second-order valence-corrected chi connectivity index (χ2v) is 4.67. The van der Waals surface area contributed by atoms with E-state index in [1.807, 2.05) is 30.5 Å². The summed E-state index contributed by atoms with van der Waals surface area (Å²) in [6.07, 6.45) is 4.75. The number of ketones is 1. The van der Waals surface area contributed by atoms with E-state index in [2.05, 4.69) is 10.3 Å². The fraction of sp³-hybridized carbons (Fsp3) is 0.357. The summed E-state index contributed by atoms with van der Waals surface area (Å²) in [7, 11) is 0. The third kappa shape index (κ3) is 1.98. The number of carbonyl (C=O) groups excluding carboxylic acids is 1. The van der Waals surface area contributed by atoms with Gasteiger partial charge in [0.15, 0.2) is 5.78 Å². The van der Waals surface area contributed by atoms with Gasteiger partial charge in [0.05, 0.1) is 0 Å². The van der Waals surface area contributed by atoms with Gasteiger partial charge in [-0.3, -0.25) is 4.79 Å². The van der Waals surface area contributed by atoms with Crippen LogP contribution >= 0.6 is 0 Å². The molecular weight excluding hydrogens is 212 g/mol. The molecule has 17 heavy (non-hydrogen) atoms. The van der Waals surface area contributed by atoms with Crippen LogP contribution in [-0.4, -0.2) is 23.4 Å². The standard InChI is InChI=1S/C14H16N2O/c17-14(8-10-4-3-7-15-10)12-9-16-13-6-2-1-5-11(12)13/h1-2,5-6,9-10,15-16H,3-4,7-8H2.